The highest BCUT2D eigenvalue weighted by Gasteiger charge is 2.36. The van der Waals surface area contributed by atoms with Crippen LogP contribution in [-0.2, 0) is 14.8 Å². The molecule has 0 spiro atoms. The van der Waals surface area contributed by atoms with Gasteiger partial charge in [-0.2, -0.15) is 0 Å². The van der Waals surface area contributed by atoms with Gasteiger partial charge < -0.3 is 4.90 Å². The number of aromatic nitrogens is 1. The molecule has 7 heteroatoms. The van der Waals surface area contributed by atoms with Crippen molar-refractivity contribution in [3.05, 3.63) is 107 Å². The van der Waals surface area contributed by atoms with Gasteiger partial charge in [0.15, 0.2) is 0 Å². The van der Waals surface area contributed by atoms with E-state index in [1.165, 1.54) is 5.41 Å². The average Bonchev–Trinajstić information content (AvgIpc) is 2.86. The van der Waals surface area contributed by atoms with Gasteiger partial charge in [0.1, 0.15) is 0 Å². The van der Waals surface area contributed by atoms with Crippen molar-refractivity contribution < 1.29 is 13.2 Å². The van der Waals surface area contributed by atoms with Gasteiger partial charge in [-0.15, -0.1) is 0 Å². The van der Waals surface area contributed by atoms with Crippen LogP contribution in [0, 0.1) is 0 Å². The minimum absolute atomic E-state index is 0.0152. The van der Waals surface area contributed by atoms with E-state index >= 15 is 0 Å². The van der Waals surface area contributed by atoms with Gasteiger partial charge in [0.2, 0.25) is 15.9 Å². The summed E-state index contributed by atoms with van der Waals surface area (Å²) in [7, 11) is -3.75. The predicted octanol–water partition coefficient (Wildman–Crippen LogP) is 5.18. The summed E-state index contributed by atoms with van der Waals surface area (Å²) >= 11 is 0. The molecule has 1 amide bonds. The lowest BCUT2D eigenvalue weighted by atomic mass is 9.80. The number of carbonyl (C=O) groups is 1. The lowest BCUT2D eigenvalue weighted by Crippen LogP contribution is -2.47. The van der Waals surface area contributed by atoms with Crippen LogP contribution in [0.2, 0.25) is 0 Å². The van der Waals surface area contributed by atoms with E-state index in [4.69, 9.17) is 0 Å². The molecule has 0 saturated carbocycles. The van der Waals surface area contributed by atoms with Crippen molar-refractivity contribution in [2.45, 2.75) is 51.6 Å². The topological polar surface area (TPSA) is 79.4 Å². The zero-order valence-electron chi connectivity index (χ0n) is 21.3. The Morgan fingerprint density at radius 1 is 0.889 bits per heavy atom. The molecule has 1 aromatic heterocycles. The number of benzene rings is 2. The van der Waals surface area contributed by atoms with Crippen LogP contribution in [0.5, 0.6) is 0 Å². The molecule has 1 N–H and O–H groups in total. The van der Waals surface area contributed by atoms with Crippen LogP contribution < -0.4 is 4.72 Å². The van der Waals surface area contributed by atoms with Crippen LogP contribution in [0.4, 0.5) is 0 Å². The fourth-order valence-corrected chi connectivity index (χ4v) is 5.33. The quantitative estimate of drug-likeness (QED) is 0.389. The van der Waals surface area contributed by atoms with Crippen LogP contribution in [0.1, 0.15) is 56.2 Å². The Morgan fingerprint density at radius 2 is 1.47 bits per heavy atom. The second-order valence-corrected chi connectivity index (χ2v) is 11.0. The monoisotopic (exact) mass is 505 g/mol. The second-order valence-electron chi connectivity index (χ2n) is 9.32. The maximum absolute atomic E-state index is 14.1. The van der Waals surface area contributed by atoms with Crippen LogP contribution in [-0.4, -0.2) is 42.8 Å². The van der Waals surface area contributed by atoms with Crippen LogP contribution >= 0.6 is 0 Å². The van der Waals surface area contributed by atoms with Crippen molar-refractivity contribution in [3.8, 4) is 0 Å². The molecule has 3 aromatic rings. The third-order valence-corrected chi connectivity index (χ3v) is 7.11. The summed E-state index contributed by atoms with van der Waals surface area (Å²) in [6.45, 7) is 8.03. The molecule has 0 fully saturated rings. The summed E-state index contributed by atoms with van der Waals surface area (Å²) in [4.78, 5) is 20.2. The van der Waals surface area contributed by atoms with E-state index in [1.54, 1.807) is 24.5 Å². The predicted molar refractivity (Wildman–Crippen MR) is 146 cm³/mol. The molecule has 3 rings (SSSR count). The summed E-state index contributed by atoms with van der Waals surface area (Å²) in [6, 6.07) is 22.5. The highest BCUT2D eigenvalue weighted by Crippen LogP contribution is 2.35. The van der Waals surface area contributed by atoms with E-state index in [2.05, 4.69) is 9.71 Å². The number of hydrogen-bond donors (Lipinski definition) is 1. The summed E-state index contributed by atoms with van der Waals surface area (Å²) in [5.74, 6) is -1.12. The molecule has 0 bridgehead atoms. The Hall–Kier alpha value is -3.29. The van der Waals surface area contributed by atoms with Crippen LogP contribution in [0.15, 0.2) is 90.6 Å². The van der Waals surface area contributed by atoms with Crippen molar-refractivity contribution >= 4 is 22.0 Å². The third-order valence-electron chi connectivity index (χ3n) is 6.05. The number of amides is 1. The molecule has 0 aliphatic carbocycles. The number of sulfonamides is 1. The molecule has 0 aliphatic heterocycles. The van der Waals surface area contributed by atoms with Gasteiger partial charge in [-0.05, 0) is 56.5 Å². The zero-order valence-corrected chi connectivity index (χ0v) is 22.1. The van der Waals surface area contributed by atoms with E-state index in [9.17, 15) is 13.2 Å². The zero-order chi connectivity index (χ0) is 26.1. The smallest absolute Gasteiger partial charge is 0.233 e. The minimum Gasteiger partial charge on any atom is -0.337 e. The first-order valence-electron chi connectivity index (χ1n) is 12.2. The average molecular weight is 506 g/mol. The Bertz CT molecular complexity index is 1220. The van der Waals surface area contributed by atoms with E-state index in [0.717, 1.165) is 16.7 Å². The standard InChI is InChI=1S/C29H35N3O3S/c1-22(2)32(23(3)4)29(33)28(26-16-11-18-30-20-26)27(25-14-9-6-10-15-25)21-31-36(34,35)19-17-24-12-7-5-8-13-24/h5-20,22-23,27-28,31H,21H2,1-4H3/b19-17+. The number of hydrogen-bond acceptors (Lipinski definition) is 4. The maximum Gasteiger partial charge on any atom is 0.233 e. The van der Waals surface area contributed by atoms with Gasteiger partial charge in [-0.25, -0.2) is 13.1 Å². The summed E-state index contributed by atoms with van der Waals surface area (Å²) in [6.07, 6.45) is 4.92. The Morgan fingerprint density at radius 3 is 2.03 bits per heavy atom. The van der Waals surface area contributed by atoms with E-state index in [-0.39, 0.29) is 24.5 Å². The number of nitrogens with one attached hydrogen (secondary N) is 1. The number of carbonyl (C=O) groups excluding carboxylic acids is 1. The molecule has 190 valence electrons. The van der Waals surface area contributed by atoms with Gasteiger partial charge in [0.25, 0.3) is 0 Å². The molecule has 2 unspecified atom stereocenters. The van der Waals surface area contributed by atoms with Gasteiger partial charge in [0, 0.05) is 42.3 Å². The fourth-order valence-electron chi connectivity index (χ4n) is 4.49. The van der Waals surface area contributed by atoms with Gasteiger partial charge in [-0.1, -0.05) is 66.7 Å². The van der Waals surface area contributed by atoms with Crippen molar-refractivity contribution in [1.29, 1.82) is 0 Å². The molecule has 2 aromatic carbocycles. The normalized spacial score (nSPS) is 13.7. The fraction of sp³-hybridized carbons (Fsp3) is 0.310. The van der Waals surface area contributed by atoms with Gasteiger partial charge in [-0.3, -0.25) is 9.78 Å². The third kappa shape index (κ3) is 7.35. The first kappa shape index (κ1) is 27.3. The molecule has 0 radical (unpaired) electrons. The Balaban J connectivity index is 2.00. The minimum atomic E-state index is -3.75. The summed E-state index contributed by atoms with van der Waals surface area (Å²) in [5, 5.41) is 1.17. The van der Waals surface area contributed by atoms with Crippen LogP contribution in [0.3, 0.4) is 0 Å². The van der Waals surface area contributed by atoms with E-state index in [0.29, 0.717) is 0 Å². The Kier molecular flexibility index (Phi) is 9.56. The molecular weight excluding hydrogens is 470 g/mol. The van der Waals surface area contributed by atoms with Crippen molar-refractivity contribution in [1.82, 2.24) is 14.6 Å². The first-order chi connectivity index (χ1) is 17.2. The first-order valence-corrected chi connectivity index (χ1v) is 13.7. The number of nitrogens with zero attached hydrogens (tertiary/aromatic N) is 2. The van der Waals surface area contributed by atoms with Gasteiger partial charge in [0.05, 0.1) is 5.92 Å². The summed E-state index contributed by atoms with van der Waals surface area (Å²) in [5.41, 5.74) is 2.42. The lowest BCUT2D eigenvalue weighted by molar-refractivity contribution is -0.137. The lowest BCUT2D eigenvalue weighted by Gasteiger charge is -2.37. The van der Waals surface area contributed by atoms with Crippen molar-refractivity contribution in [3.63, 3.8) is 0 Å². The molecule has 2 atom stereocenters. The van der Waals surface area contributed by atoms with Crippen molar-refractivity contribution in [2.24, 2.45) is 0 Å². The highest BCUT2D eigenvalue weighted by atomic mass is 32.2. The SMILES string of the molecule is CC(C)N(C(=O)C(c1cccnc1)C(CNS(=O)(=O)/C=C/c1ccccc1)c1ccccc1)C(C)C. The van der Waals surface area contributed by atoms with E-state index < -0.39 is 21.9 Å². The highest BCUT2D eigenvalue weighted by molar-refractivity contribution is 7.92. The molecule has 1 heterocycles. The van der Waals surface area contributed by atoms with Crippen molar-refractivity contribution in [2.75, 3.05) is 6.54 Å². The molecule has 36 heavy (non-hydrogen) atoms. The molecule has 0 aliphatic rings. The molecule has 0 saturated heterocycles. The molecule has 6 nitrogen and oxygen atoms in total. The summed E-state index contributed by atoms with van der Waals surface area (Å²) < 4.78 is 28.6. The largest absolute Gasteiger partial charge is 0.337 e. The molecular formula is C29H35N3O3S. The maximum atomic E-state index is 14.1. The van der Waals surface area contributed by atoms with E-state index in [1.807, 2.05) is 99.3 Å². The Labute approximate surface area is 215 Å². The number of pyridine rings is 1. The van der Waals surface area contributed by atoms with Gasteiger partial charge >= 0.3 is 0 Å². The second kappa shape index (κ2) is 12.6. The number of rotatable bonds is 11. The van der Waals surface area contributed by atoms with Crippen LogP contribution in [0.25, 0.3) is 6.08 Å².